The number of rotatable bonds is 2. The average Bonchev–Trinajstić information content (AvgIpc) is 2.75. The van der Waals surface area contributed by atoms with Crippen molar-refractivity contribution in [3.8, 4) is 0 Å². The summed E-state index contributed by atoms with van der Waals surface area (Å²) in [7, 11) is 0. The van der Waals surface area contributed by atoms with E-state index in [9.17, 15) is 4.79 Å². The predicted octanol–water partition coefficient (Wildman–Crippen LogP) is 1.74. The quantitative estimate of drug-likeness (QED) is 0.870. The van der Waals surface area contributed by atoms with Crippen molar-refractivity contribution in [1.29, 1.82) is 0 Å². The molecule has 0 aliphatic heterocycles. The maximum atomic E-state index is 11.5. The van der Waals surface area contributed by atoms with E-state index in [0.29, 0.717) is 5.69 Å². The Labute approximate surface area is 93.3 Å². The number of hydrogen-bond acceptors (Lipinski definition) is 6. The molecular weight excluding hydrogens is 240 g/mol. The highest BCUT2D eigenvalue weighted by Crippen LogP contribution is 2.16. The summed E-state index contributed by atoms with van der Waals surface area (Å²) in [6.45, 7) is 1.75. The first-order valence-corrected chi connectivity index (χ1v) is 5.07. The number of carbonyl (C=O) groups excluding carboxylic acids is 1. The third-order valence-electron chi connectivity index (χ3n) is 1.43. The van der Waals surface area contributed by atoms with E-state index in [4.69, 9.17) is 16.0 Å². The van der Waals surface area contributed by atoms with Crippen LogP contribution in [0.3, 0.4) is 0 Å². The third-order valence-corrected chi connectivity index (χ3v) is 2.45. The van der Waals surface area contributed by atoms with E-state index in [2.05, 4.69) is 20.5 Å². The standard InChI is InChI=1S/C7H5ClN4O2S/c1-3-2-14-7(9-3)10-4(13)5-11-12-6(8)15-5/h2H,1H3,(H,9,10,13). The molecule has 0 fully saturated rings. The zero-order chi connectivity index (χ0) is 10.8. The molecule has 0 aromatic carbocycles. The fourth-order valence-corrected chi connectivity index (χ4v) is 1.58. The highest BCUT2D eigenvalue weighted by Gasteiger charge is 2.14. The second-order valence-corrected chi connectivity index (χ2v) is 4.17. The molecule has 0 saturated heterocycles. The molecule has 0 spiro atoms. The average molecular weight is 245 g/mol. The number of aromatic nitrogens is 3. The molecule has 0 unspecified atom stereocenters. The lowest BCUT2D eigenvalue weighted by Gasteiger charge is -1.94. The van der Waals surface area contributed by atoms with Crippen LogP contribution in [0, 0.1) is 6.92 Å². The fraction of sp³-hybridized carbons (Fsp3) is 0.143. The van der Waals surface area contributed by atoms with Crippen LogP contribution >= 0.6 is 22.9 Å². The molecule has 1 N–H and O–H groups in total. The van der Waals surface area contributed by atoms with Crippen molar-refractivity contribution in [2.24, 2.45) is 0 Å². The number of aryl methyl sites for hydroxylation is 1. The van der Waals surface area contributed by atoms with Gasteiger partial charge in [-0.25, -0.2) is 0 Å². The molecule has 2 aromatic rings. The summed E-state index contributed by atoms with van der Waals surface area (Å²) in [5.74, 6) is -0.443. The van der Waals surface area contributed by atoms with E-state index in [1.54, 1.807) is 6.92 Å². The SMILES string of the molecule is Cc1coc(NC(=O)c2nnc(Cl)s2)n1. The van der Waals surface area contributed by atoms with Gasteiger partial charge >= 0.3 is 6.01 Å². The first kappa shape index (κ1) is 10.1. The highest BCUT2D eigenvalue weighted by atomic mass is 35.5. The minimum absolute atomic E-state index is 0.129. The van der Waals surface area contributed by atoms with E-state index in [1.807, 2.05) is 0 Å². The number of halogens is 1. The second-order valence-electron chi connectivity index (χ2n) is 2.61. The Morgan fingerprint density at radius 2 is 2.40 bits per heavy atom. The number of nitrogens with one attached hydrogen (secondary N) is 1. The van der Waals surface area contributed by atoms with Crippen LogP contribution in [0.4, 0.5) is 6.01 Å². The Kier molecular flexibility index (Phi) is 2.65. The Hall–Kier alpha value is -1.47. The van der Waals surface area contributed by atoms with E-state index in [0.717, 1.165) is 11.3 Å². The van der Waals surface area contributed by atoms with Gasteiger partial charge in [-0.1, -0.05) is 11.3 Å². The van der Waals surface area contributed by atoms with Gasteiger partial charge in [0.2, 0.25) is 9.47 Å². The van der Waals surface area contributed by atoms with Gasteiger partial charge in [-0.2, -0.15) is 4.98 Å². The molecule has 78 valence electrons. The summed E-state index contributed by atoms with van der Waals surface area (Å²) in [6.07, 6.45) is 1.43. The molecule has 15 heavy (non-hydrogen) atoms. The molecular formula is C7H5ClN4O2S. The van der Waals surface area contributed by atoms with Crippen molar-refractivity contribution in [1.82, 2.24) is 15.2 Å². The highest BCUT2D eigenvalue weighted by molar-refractivity contribution is 7.17. The van der Waals surface area contributed by atoms with Gasteiger partial charge in [-0.05, 0) is 18.5 Å². The maximum absolute atomic E-state index is 11.5. The summed E-state index contributed by atoms with van der Waals surface area (Å²) in [5, 5.41) is 9.67. The van der Waals surface area contributed by atoms with Crippen molar-refractivity contribution in [2.45, 2.75) is 6.92 Å². The van der Waals surface area contributed by atoms with Gasteiger partial charge in [-0.15, -0.1) is 10.2 Å². The van der Waals surface area contributed by atoms with Crippen molar-refractivity contribution >= 4 is 34.9 Å². The molecule has 0 aliphatic rings. The van der Waals surface area contributed by atoms with Gasteiger partial charge in [0, 0.05) is 0 Å². The summed E-state index contributed by atoms with van der Waals surface area (Å²) in [4.78, 5) is 15.4. The van der Waals surface area contributed by atoms with Crippen LogP contribution in [0.5, 0.6) is 0 Å². The van der Waals surface area contributed by atoms with E-state index in [-0.39, 0.29) is 15.5 Å². The first-order chi connectivity index (χ1) is 7.15. The number of hydrogen-bond donors (Lipinski definition) is 1. The maximum Gasteiger partial charge on any atom is 0.301 e. The molecule has 0 radical (unpaired) electrons. The van der Waals surface area contributed by atoms with Crippen LogP contribution in [0.15, 0.2) is 10.7 Å². The molecule has 0 aliphatic carbocycles. The molecule has 0 saturated carbocycles. The largest absolute Gasteiger partial charge is 0.432 e. The summed E-state index contributed by atoms with van der Waals surface area (Å²) >= 11 is 6.52. The topological polar surface area (TPSA) is 80.9 Å². The summed E-state index contributed by atoms with van der Waals surface area (Å²) < 4.78 is 5.16. The number of nitrogens with zero attached hydrogens (tertiary/aromatic N) is 3. The number of oxazole rings is 1. The predicted molar refractivity (Wildman–Crippen MR) is 54.1 cm³/mol. The second kappa shape index (κ2) is 3.95. The molecule has 1 amide bonds. The summed E-state index contributed by atoms with van der Waals surface area (Å²) in [5.41, 5.74) is 0.681. The number of amides is 1. The van der Waals surface area contributed by atoms with Gasteiger partial charge in [0.25, 0.3) is 5.91 Å². The van der Waals surface area contributed by atoms with Gasteiger partial charge in [0.15, 0.2) is 0 Å². The minimum Gasteiger partial charge on any atom is -0.432 e. The molecule has 8 heteroatoms. The van der Waals surface area contributed by atoms with Crippen LogP contribution in [0.1, 0.15) is 15.5 Å². The molecule has 2 aromatic heterocycles. The van der Waals surface area contributed by atoms with Gasteiger partial charge in [-0.3, -0.25) is 10.1 Å². The van der Waals surface area contributed by atoms with E-state index < -0.39 is 5.91 Å². The summed E-state index contributed by atoms with van der Waals surface area (Å²) in [6, 6.07) is 0.129. The van der Waals surface area contributed by atoms with Crippen LogP contribution in [0.25, 0.3) is 0 Å². The lowest BCUT2D eigenvalue weighted by molar-refractivity contribution is 0.102. The molecule has 0 atom stereocenters. The zero-order valence-electron chi connectivity index (χ0n) is 7.52. The van der Waals surface area contributed by atoms with Crippen LogP contribution in [0.2, 0.25) is 4.47 Å². The normalized spacial score (nSPS) is 10.3. The molecule has 6 nitrogen and oxygen atoms in total. The van der Waals surface area contributed by atoms with E-state index >= 15 is 0 Å². The van der Waals surface area contributed by atoms with Crippen LogP contribution in [-0.4, -0.2) is 21.1 Å². The molecule has 2 heterocycles. The van der Waals surface area contributed by atoms with Crippen LogP contribution in [-0.2, 0) is 0 Å². The number of anilines is 1. The number of carbonyl (C=O) groups is 1. The Morgan fingerprint density at radius 3 is 2.93 bits per heavy atom. The van der Waals surface area contributed by atoms with Crippen molar-refractivity contribution in [2.75, 3.05) is 5.32 Å². The third kappa shape index (κ3) is 2.31. The van der Waals surface area contributed by atoms with Crippen LogP contribution < -0.4 is 5.32 Å². The Bertz CT molecular complexity index is 495. The van der Waals surface area contributed by atoms with Gasteiger partial charge in [0.1, 0.15) is 6.26 Å². The minimum atomic E-state index is -0.443. The smallest absolute Gasteiger partial charge is 0.301 e. The Balaban J connectivity index is 2.10. The van der Waals surface area contributed by atoms with Gasteiger partial charge < -0.3 is 4.42 Å². The fourth-order valence-electron chi connectivity index (χ4n) is 0.859. The monoisotopic (exact) mass is 244 g/mol. The molecule has 2 rings (SSSR count). The first-order valence-electron chi connectivity index (χ1n) is 3.87. The van der Waals surface area contributed by atoms with Crippen molar-refractivity contribution < 1.29 is 9.21 Å². The lowest BCUT2D eigenvalue weighted by Crippen LogP contribution is -2.11. The van der Waals surface area contributed by atoms with Crippen molar-refractivity contribution in [3.05, 3.63) is 21.4 Å². The lowest BCUT2D eigenvalue weighted by atomic mass is 10.6. The zero-order valence-corrected chi connectivity index (χ0v) is 9.09. The van der Waals surface area contributed by atoms with Crippen molar-refractivity contribution in [3.63, 3.8) is 0 Å². The van der Waals surface area contributed by atoms with E-state index in [1.165, 1.54) is 6.26 Å². The van der Waals surface area contributed by atoms with Gasteiger partial charge in [0.05, 0.1) is 5.69 Å². The molecule has 0 bridgehead atoms. The Morgan fingerprint density at radius 1 is 1.60 bits per heavy atom.